The lowest BCUT2D eigenvalue weighted by molar-refractivity contribution is -0.121. The average molecular weight is 337 g/mol. The lowest BCUT2D eigenvalue weighted by Gasteiger charge is -2.05. The predicted octanol–water partition coefficient (Wildman–Crippen LogP) is 5.21. The smallest absolute Gasteiger partial charge is 0.220 e. The lowest BCUT2D eigenvalue weighted by atomic mass is 10.0. The van der Waals surface area contributed by atoms with Crippen molar-refractivity contribution in [2.75, 3.05) is 0 Å². The Balaban J connectivity index is 1.91. The maximum absolute atomic E-state index is 14.6. The van der Waals surface area contributed by atoms with Crippen LogP contribution in [0.15, 0.2) is 40.8 Å². The van der Waals surface area contributed by atoms with Crippen LogP contribution in [0.5, 0.6) is 0 Å². The van der Waals surface area contributed by atoms with E-state index in [1.54, 1.807) is 18.2 Å². The molecule has 0 spiro atoms. The molecular weight excluding hydrogens is 317 g/mol. The number of hydrogen-bond donors (Lipinski definition) is 0. The second-order valence-electron chi connectivity index (χ2n) is 6.43. The molecule has 128 valence electrons. The Morgan fingerprint density at radius 3 is 2.68 bits per heavy atom. The molecule has 3 nitrogen and oxygen atoms in total. The van der Waals surface area contributed by atoms with Gasteiger partial charge in [-0.05, 0) is 35.8 Å². The van der Waals surface area contributed by atoms with Crippen molar-refractivity contribution in [3.05, 3.63) is 64.8 Å². The highest BCUT2D eigenvalue weighted by molar-refractivity contribution is 5.84. The molecule has 0 amide bonds. The number of carbonyl (C=O) groups is 1. The van der Waals surface area contributed by atoms with Gasteiger partial charge in [-0.25, -0.2) is 9.37 Å². The normalized spacial score (nSPS) is 11.7. The van der Waals surface area contributed by atoms with E-state index < -0.39 is 5.82 Å². The van der Waals surface area contributed by atoms with Crippen LogP contribution in [-0.2, 0) is 11.2 Å². The molecule has 25 heavy (non-hydrogen) atoms. The van der Waals surface area contributed by atoms with Gasteiger partial charge >= 0.3 is 0 Å². The SMILES string of the molecule is Cc1ccccc1/C=C/c1nc2ccc(CC(=O)C(C)C)c(F)c2o1. The van der Waals surface area contributed by atoms with E-state index in [0.717, 1.165) is 11.1 Å². The highest BCUT2D eigenvalue weighted by Gasteiger charge is 2.17. The van der Waals surface area contributed by atoms with Crippen LogP contribution in [0.3, 0.4) is 0 Å². The molecule has 0 N–H and O–H groups in total. The molecule has 4 heteroatoms. The van der Waals surface area contributed by atoms with Gasteiger partial charge in [0.25, 0.3) is 0 Å². The number of halogens is 1. The number of aromatic nitrogens is 1. The summed E-state index contributed by atoms with van der Waals surface area (Å²) in [5.41, 5.74) is 3.07. The van der Waals surface area contributed by atoms with Crippen molar-refractivity contribution in [1.29, 1.82) is 0 Å². The molecule has 0 saturated carbocycles. The summed E-state index contributed by atoms with van der Waals surface area (Å²) < 4.78 is 20.2. The van der Waals surface area contributed by atoms with Crippen LogP contribution in [0, 0.1) is 18.7 Å². The minimum atomic E-state index is -0.505. The maximum Gasteiger partial charge on any atom is 0.220 e. The molecule has 0 aliphatic carbocycles. The van der Waals surface area contributed by atoms with Gasteiger partial charge in [-0.1, -0.05) is 44.2 Å². The maximum atomic E-state index is 14.6. The summed E-state index contributed by atoms with van der Waals surface area (Å²) in [4.78, 5) is 16.2. The Labute approximate surface area is 146 Å². The molecule has 0 bridgehead atoms. The largest absolute Gasteiger partial charge is 0.434 e. The number of oxazole rings is 1. The van der Waals surface area contributed by atoms with Crippen LogP contribution in [0.1, 0.15) is 36.4 Å². The first-order valence-electron chi connectivity index (χ1n) is 8.30. The molecular formula is C21H20FNO2. The molecule has 0 saturated heterocycles. The molecule has 0 fully saturated rings. The van der Waals surface area contributed by atoms with Gasteiger partial charge in [0.05, 0.1) is 0 Å². The zero-order valence-electron chi connectivity index (χ0n) is 14.5. The number of ketones is 1. The van der Waals surface area contributed by atoms with E-state index in [1.807, 2.05) is 51.1 Å². The van der Waals surface area contributed by atoms with Crippen molar-refractivity contribution < 1.29 is 13.6 Å². The van der Waals surface area contributed by atoms with Crippen molar-refractivity contribution in [1.82, 2.24) is 4.98 Å². The molecule has 0 atom stereocenters. The Bertz CT molecular complexity index is 954. The summed E-state index contributed by atoms with van der Waals surface area (Å²) in [6, 6.07) is 11.2. The Kier molecular flexibility index (Phi) is 4.79. The molecule has 0 aliphatic heterocycles. The summed E-state index contributed by atoms with van der Waals surface area (Å²) in [5.74, 6) is -0.297. The van der Waals surface area contributed by atoms with E-state index in [2.05, 4.69) is 4.98 Å². The van der Waals surface area contributed by atoms with E-state index in [1.165, 1.54) is 0 Å². The van der Waals surface area contributed by atoms with Gasteiger partial charge < -0.3 is 4.42 Å². The van der Waals surface area contributed by atoms with Crippen LogP contribution in [0.4, 0.5) is 4.39 Å². The number of carbonyl (C=O) groups excluding carboxylic acids is 1. The summed E-state index contributed by atoms with van der Waals surface area (Å²) in [7, 11) is 0. The predicted molar refractivity (Wildman–Crippen MR) is 97.6 cm³/mol. The topological polar surface area (TPSA) is 43.1 Å². The zero-order chi connectivity index (χ0) is 18.0. The number of Topliss-reactive ketones (excluding diaryl/α,β-unsaturated/α-hetero) is 1. The fourth-order valence-electron chi connectivity index (χ4n) is 2.55. The second-order valence-corrected chi connectivity index (χ2v) is 6.43. The van der Waals surface area contributed by atoms with Crippen molar-refractivity contribution in [3.63, 3.8) is 0 Å². The van der Waals surface area contributed by atoms with Gasteiger partial charge in [-0.15, -0.1) is 0 Å². The van der Waals surface area contributed by atoms with Crippen molar-refractivity contribution >= 4 is 29.0 Å². The van der Waals surface area contributed by atoms with Gasteiger partial charge in [0, 0.05) is 18.4 Å². The number of fused-ring (bicyclic) bond motifs is 1. The Morgan fingerprint density at radius 1 is 1.20 bits per heavy atom. The Morgan fingerprint density at radius 2 is 1.96 bits per heavy atom. The molecule has 0 aliphatic rings. The van der Waals surface area contributed by atoms with Crippen LogP contribution >= 0.6 is 0 Å². The zero-order valence-corrected chi connectivity index (χ0v) is 14.5. The molecule has 1 aromatic heterocycles. The quantitative estimate of drug-likeness (QED) is 0.641. The van der Waals surface area contributed by atoms with E-state index in [4.69, 9.17) is 4.42 Å². The fraction of sp³-hybridized carbons (Fsp3) is 0.238. The third-order valence-electron chi connectivity index (χ3n) is 4.20. The first-order chi connectivity index (χ1) is 12.0. The average Bonchev–Trinajstić information content (AvgIpc) is 3.00. The van der Waals surface area contributed by atoms with Crippen LogP contribution in [0.2, 0.25) is 0 Å². The second kappa shape index (κ2) is 7.01. The van der Waals surface area contributed by atoms with Crippen LogP contribution in [-0.4, -0.2) is 10.8 Å². The van der Waals surface area contributed by atoms with Gasteiger partial charge in [0.2, 0.25) is 5.89 Å². The fourth-order valence-corrected chi connectivity index (χ4v) is 2.55. The summed E-state index contributed by atoms with van der Waals surface area (Å²) in [6.07, 6.45) is 3.68. The lowest BCUT2D eigenvalue weighted by Crippen LogP contribution is -2.11. The highest BCUT2D eigenvalue weighted by Crippen LogP contribution is 2.24. The monoisotopic (exact) mass is 337 g/mol. The van der Waals surface area contributed by atoms with Gasteiger partial charge in [0.1, 0.15) is 11.3 Å². The molecule has 0 radical (unpaired) electrons. The summed E-state index contributed by atoms with van der Waals surface area (Å²) in [5, 5.41) is 0. The standard InChI is InChI=1S/C21H20FNO2/c1-13(2)18(24)12-16-8-10-17-21(20(16)22)25-19(23-17)11-9-15-7-5-4-6-14(15)3/h4-11,13H,12H2,1-3H3/b11-9+. The van der Waals surface area contributed by atoms with E-state index in [-0.39, 0.29) is 23.7 Å². The minimum absolute atomic E-state index is 0.00237. The van der Waals surface area contributed by atoms with Crippen molar-refractivity contribution in [2.24, 2.45) is 5.92 Å². The summed E-state index contributed by atoms with van der Waals surface area (Å²) >= 11 is 0. The van der Waals surface area contributed by atoms with Gasteiger partial charge in [-0.3, -0.25) is 4.79 Å². The number of benzene rings is 2. The first-order valence-corrected chi connectivity index (χ1v) is 8.30. The minimum Gasteiger partial charge on any atom is -0.434 e. The van der Waals surface area contributed by atoms with Crippen molar-refractivity contribution in [3.8, 4) is 0 Å². The Hall–Kier alpha value is -2.75. The van der Waals surface area contributed by atoms with E-state index in [0.29, 0.717) is 17.0 Å². The highest BCUT2D eigenvalue weighted by atomic mass is 19.1. The number of hydrogen-bond acceptors (Lipinski definition) is 3. The van der Waals surface area contributed by atoms with E-state index in [9.17, 15) is 9.18 Å². The molecule has 3 aromatic rings. The molecule has 3 rings (SSSR count). The third-order valence-corrected chi connectivity index (χ3v) is 4.20. The van der Waals surface area contributed by atoms with Crippen molar-refractivity contribution in [2.45, 2.75) is 27.2 Å². The third kappa shape index (κ3) is 3.68. The number of nitrogens with zero attached hydrogens (tertiary/aromatic N) is 1. The summed E-state index contributed by atoms with van der Waals surface area (Å²) in [6.45, 7) is 5.63. The molecule has 0 unspecified atom stereocenters. The van der Waals surface area contributed by atoms with E-state index >= 15 is 0 Å². The van der Waals surface area contributed by atoms with Crippen LogP contribution < -0.4 is 0 Å². The van der Waals surface area contributed by atoms with Gasteiger partial charge in [0.15, 0.2) is 11.4 Å². The number of rotatable bonds is 5. The first kappa shape index (κ1) is 17.1. The van der Waals surface area contributed by atoms with Crippen LogP contribution in [0.25, 0.3) is 23.3 Å². The van der Waals surface area contributed by atoms with Gasteiger partial charge in [-0.2, -0.15) is 0 Å². The molecule has 2 aromatic carbocycles. The number of aryl methyl sites for hydroxylation is 1. The molecule has 1 heterocycles.